The van der Waals surface area contributed by atoms with Crippen LogP contribution in [0.4, 0.5) is 0 Å². The minimum atomic E-state index is -0.0593. The number of hydrogen-bond donors (Lipinski definition) is 1. The van der Waals surface area contributed by atoms with Crippen molar-refractivity contribution in [1.82, 2.24) is 10.2 Å². The minimum absolute atomic E-state index is 0.0593. The van der Waals surface area contributed by atoms with Gasteiger partial charge in [0.05, 0.1) is 5.92 Å². The molecule has 0 unspecified atom stereocenters. The molecule has 0 saturated heterocycles. The summed E-state index contributed by atoms with van der Waals surface area (Å²) in [5.74, 6) is 0.997. The molecule has 1 saturated carbocycles. The van der Waals surface area contributed by atoms with Crippen molar-refractivity contribution in [1.29, 1.82) is 0 Å². The Hall–Kier alpha value is -1.55. The third-order valence-electron chi connectivity index (χ3n) is 5.43. The Morgan fingerprint density at radius 3 is 2.88 bits per heavy atom. The van der Waals surface area contributed by atoms with E-state index in [9.17, 15) is 4.79 Å². The van der Waals surface area contributed by atoms with Gasteiger partial charge in [0, 0.05) is 12.6 Å². The van der Waals surface area contributed by atoms with E-state index in [2.05, 4.69) is 17.3 Å². The highest BCUT2D eigenvalue weighted by Gasteiger charge is 2.25. The van der Waals surface area contributed by atoms with Gasteiger partial charge in [-0.25, -0.2) is 0 Å². The summed E-state index contributed by atoms with van der Waals surface area (Å²) < 4.78 is 5.71. The molecule has 1 fully saturated rings. The second-order valence-corrected chi connectivity index (χ2v) is 7.24. The number of nitrogens with zero attached hydrogens (tertiary/aromatic N) is 1. The molecule has 0 aromatic heterocycles. The maximum Gasteiger partial charge on any atom is 0.226 e. The van der Waals surface area contributed by atoms with Crippen LogP contribution in [0.3, 0.4) is 0 Å². The quantitative estimate of drug-likeness (QED) is 0.815. The molecule has 1 aliphatic carbocycles. The van der Waals surface area contributed by atoms with Crippen molar-refractivity contribution in [2.75, 3.05) is 26.7 Å². The average Bonchev–Trinajstić information content (AvgIpc) is 2.65. The number of carbonyl (C=O) groups excluding carboxylic acids is 1. The zero-order valence-electron chi connectivity index (χ0n) is 14.8. The Morgan fingerprint density at radius 2 is 2.04 bits per heavy atom. The fourth-order valence-corrected chi connectivity index (χ4v) is 3.89. The summed E-state index contributed by atoms with van der Waals surface area (Å²) in [7, 11) is 2.23. The number of ether oxygens (including phenoxy) is 1. The summed E-state index contributed by atoms with van der Waals surface area (Å²) >= 11 is 0. The predicted molar refractivity (Wildman–Crippen MR) is 96.3 cm³/mol. The smallest absolute Gasteiger partial charge is 0.226 e. The van der Waals surface area contributed by atoms with Crippen LogP contribution >= 0.6 is 0 Å². The van der Waals surface area contributed by atoms with Gasteiger partial charge < -0.3 is 15.0 Å². The zero-order chi connectivity index (χ0) is 16.8. The molecule has 1 amide bonds. The van der Waals surface area contributed by atoms with Crippen molar-refractivity contribution in [2.45, 2.75) is 51.0 Å². The van der Waals surface area contributed by atoms with Gasteiger partial charge in [-0.3, -0.25) is 4.79 Å². The van der Waals surface area contributed by atoms with Gasteiger partial charge >= 0.3 is 0 Å². The van der Waals surface area contributed by atoms with Crippen LogP contribution in [-0.2, 0) is 11.2 Å². The van der Waals surface area contributed by atoms with Gasteiger partial charge in [-0.05, 0) is 50.9 Å². The van der Waals surface area contributed by atoms with Gasteiger partial charge in [0.2, 0.25) is 5.91 Å². The average molecular weight is 330 g/mol. The summed E-state index contributed by atoms with van der Waals surface area (Å²) in [6, 6.07) is 8.75. The van der Waals surface area contributed by atoms with E-state index in [-0.39, 0.29) is 11.8 Å². The van der Waals surface area contributed by atoms with Crippen LogP contribution in [0.2, 0.25) is 0 Å². The van der Waals surface area contributed by atoms with E-state index in [0.29, 0.717) is 6.61 Å². The summed E-state index contributed by atoms with van der Waals surface area (Å²) in [4.78, 5) is 14.8. The summed E-state index contributed by atoms with van der Waals surface area (Å²) in [5, 5.41) is 3.10. The lowest BCUT2D eigenvalue weighted by molar-refractivity contribution is -0.126. The Morgan fingerprint density at radius 1 is 1.25 bits per heavy atom. The van der Waals surface area contributed by atoms with Crippen molar-refractivity contribution in [3.8, 4) is 5.75 Å². The minimum Gasteiger partial charge on any atom is -0.492 e. The van der Waals surface area contributed by atoms with E-state index in [1.54, 1.807) is 0 Å². The van der Waals surface area contributed by atoms with Crippen molar-refractivity contribution in [3.05, 3.63) is 29.8 Å². The lowest BCUT2D eigenvalue weighted by Gasteiger charge is -2.31. The van der Waals surface area contributed by atoms with Crippen molar-refractivity contribution >= 4 is 5.91 Å². The molecule has 0 radical (unpaired) electrons. The van der Waals surface area contributed by atoms with Gasteiger partial charge in [0.1, 0.15) is 12.4 Å². The van der Waals surface area contributed by atoms with Gasteiger partial charge in [-0.1, -0.05) is 37.5 Å². The van der Waals surface area contributed by atoms with Gasteiger partial charge in [-0.15, -0.1) is 0 Å². The molecule has 1 aliphatic heterocycles. The molecule has 132 valence electrons. The molecule has 1 N–H and O–H groups in total. The van der Waals surface area contributed by atoms with E-state index in [0.717, 1.165) is 43.3 Å². The van der Waals surface area contributed by atoms with E-state index < -0.39 is 0 Å². The first-order valence-corrected chi connectivity index (χ1v) is 9.42. The van der Waals surface area contributed by atoms with Crippen molar-refractivity contribution < 1.29 is 9.53 Å². The van der Waals surface area contributed by atoms with Gasteiger partial charge in [0.25, 0.3) is 0 Å². The molecule has 1 aromatic carbocycles. The van der Waals surface area contributed by atoms with Crippen molar-refractivity contribution in [2.24, 2.45) is 5.92 Å². The first-order chi connectivity index (χ1) is 11.7. The summed E-state index contributed by atoms with van der Waals surface area (Å²) in [6.45, 7) is 2.31. The molecule has 4 nitrogen and oxygen atoms in total. The molecule has 0 bridgehead atoms. The number of nitrogens with one attached hydrogen (secondary N) is 1. The molecular formula is C20H30N2O2. The van der Waals surface area contributed by atoms with Crippen molar-refractivity contribution in [3.63, 3.8) is 0 Å². The van der Waals surface area contributed by atoms with Crippen LogP contribution in [-0.4, -0.2) is 43.6 Å². The zero-order valence-corrected chi connectivity index (χ0v) is 14.8. The lowest BCUT2D eigenvalue weighted by Crippen LogP contribution is -2.39. The maximum absolute atomic E-state index is 12.3. The molecule has 0 spiro atoms. The first-order valence-electron chi connectivity index (χ1n) is 9.42. The fourth-order valence-electron chi connectivity index (χ4n) is 3.89. The Bertz CT molecular complexity index is 540. The Balaban J connectivity index is 1.36. The Labute approximate surface area is 145 Å². The van der Waals surface area contributed by atoms with Crippen LogP contribution in [0.1, 0.15) is 44.1 Å². The predicted octanol–water partition coefficient (Wildman–Crippen LogP) is 3.01. The molecular weight excluding hydrogens is 300 g/mol. The SMILES string of the molecule is CN(CCCNC(=O)[C@@H]1COc2ccccc2C1)C1CCCCC1. The molecule has 1 aromatic rings. The van der Waals surface area contributed by atoms with Crippen LogP contribution in [0, 0.1) is 5.92 Å². The second kappa shape index (κ2) is 8.52. The summed E-state index contributed by atoms with van der Waals surface area (Å²) in [5.41, 5.74) is 1.14. The number of fused-ring (bicyclic) bond motifs is 1. The summed E-state index contributed by atoms with van der Waals surface area (Å²) in [6.07, 6.45) is 8.60. The molecule has 24 heavy (non-hydrogen) atoms. The molecule has 1 atom stereocenters. The largest absolute Gasteiger partial charge is 0.492 e. The number of benzene rings is 1. The monoisotopic (exact) mass is 330 g/mol. The number of hydrogen-bond acceptors (Lipinski definition) is 3. The topological polar surface area (TPSA) is 41.6 Å². The van der Waals surface area contributed by atoms with Crippen LogP contribution < -0.4 is 10.1 Å². The first kappa shape index (κ1) is 17.3. The number of amides is 1. The third kappa shape index (κ3) is 4.50. The van der Waals surface area contributed by atoms with E-state index in [1.165, 1.54) is 32.1 Å². The molecule has 4 heteroatoms. The fraction of sp³-hybridized carbons (Fsp3) is 0.650. The van der Waals surface area contributed by atoms with E-state index >= 15 is 0 Å². The van der Waals surface area contributed by atoms with E-state index in [1.807, 2.05) is 24.3 Å². The maximum atomic E-state index is 12.3. The highest BCUT2D eigenvalue weighted by atomic mass is 16.5. The van der Waals surface area contributed by atoms with Gasteiger partial charge in [0.15, 0.2) is 0 Å². The number of para-hydroxylation sites is 1. The van der Waals surface area contributed by atoms with Crippen LogP contribution in [0.15, 0.2) is 24.3 Å². The van der Waals surface area contributed by atoms with Gasteiger partial charge in [-0.2, -0.15) is 0 Å². The van der Waals surface area contributed by atoms with Crippen LogP contribution in [0.5, 0.6) is 5.75 Å². The van der Waals surface area contributed by atoms with E-state index in [4.69, 9.17) is 4.74 Å². The Kier molecular flexibility index (Phi) is 6.13. The second-order valence-electron chi connectivity index (χ2n) is 7.24. The normalized spacial score (nSPS) is 21.2. The highest BCUT2D eigenvalue weighted by molar-refractivity contribution is 5.79. The van der Waals surface area contributed by atoms with Crippen LogP contribution in [0.25, 0.3) is 0 Å². The molecule has 3 rings (SSSR count). The number of rotatable bonds is 6. The molecule has 2 aliphatic rings. The highest BCUT2D eigenvalue weighted by Crippen LogP contribution is 2.26. The third-order valence-corrected chi connectivity index (χ3v) is 5.43. The lowest BCUT2D eigenvalue weighted by atomic mass is 9.94. The number of carbonyl (C=O) groups is 1. The standard InChI is InChI=1S/C20H30N2O2/c1-22(18-9-3-2-4-10-18)13-7-12-21-20(23)17-14-16-8-5-6-11-19(16)24-15-17/h5-6,8,11,17-18H,2-4,7,9-10,12-15H2,1H3,(H,21,23)/t17-/m0/s1. The molecule has 1 heterocycles.